The monoisotopic (exact) mass is 285 g/mol. The summed E-state index contributed by atoms with van der Waals surface area (Å²) in [5, 5.41) is 2.72. The van der Waals surface area contributed by atoms with Gasteiger partial charge in [0.2, 0.25) is 0 Å². The van der Waals surface area contributed by atoms with E-state index in [-0.39, 0.29) is 23.9 Å². The lowest BCUT2D eigenvalue weighted by Crippen LogP contribution is -2.24. The molecular formula is C15H15N3O3. The van der Waals surface area contributed by atoms with E-state index >= 15 is 0 Å². The Morgan fingerprint density at radius 3 is 2.71 bits per heavy atom. The van der Waals surface area contributed by atoms with Crippen LogP contribution in [0.5, 0.6) is 0 Å². The van der Waals surface area contributed by atoms with Gasteiger partial charge in [-0.25, -0.2) is 9.78 Å². The van der Waals surface area contributed by atoms with Crippen molar-refractivity contribution in [2.75, 3.05) is 6.61 Å². The van der Waals surface area contributed by atoms with Crippen molar-refractivity contribution >= 4 is 11.9 Å². The lowest BCUT2D eigenvalue weighted by Gasteiger charge is -2.06. The molecule has 2 heterocycles. The molecule has 0 saturated heterocycles. The lowest BCUT2D eigenvalue weighted by molar-refractivity contribution is 0.0519. The molecule has 6 nitrogen and oxygen atoms in total. The van der Waals surface area contributed by atoms with Crippen molar-refractivity contribution in [3.63, 3.8) is 0 Å². The van der Waals surface area contributed by atoms with Gasteiger partial charge in [-0.2, -0.15) is 0 Å². The van der Waals surface area contributed by atoms with Crippen LogP contribution in [-0.2, 0) is 11.3 Å². The molecule has 0 unspecified atom stereocenters. The van der Waals surface area contributed by atoms with Crippen LogP contribution < -0.4 is 5.32 Å². The molecule has 2 aromatic rings. The maximum Gasteiger partial charge on any atom is 0.356 e. The summed E-state index contributed by atoms with van der Waals surface area (Å²) in [7, 11) is 0. The second-order valence-corrected chi connectivity index (χ2v) is 4.17. The van der Waals surface area contributed by atoms with Crippen molar-refractivity contribution in [2.24, 2.45) is 0 Å². The van der Waals surface area contributed by atoms with Gasteiger partial charge in [0.05, 0.1) is 6.61 Å². The first kappa shape index (κ1) is 14.6. The van der Waals surface area contributed by atoms with Crippen LogP contribution in [0, 0.1) is 0 Å². The Morgan fingerprint density at radius 1 is 1.19 bits per heavy atom. The average molecular weight is 285 g/mol. The van der Waals surface area contributed by atoms with E-state index in [0.717, 1.165) is 5.56 Å². The number of rotatable bonds is 5. The smallest absolute Gasteiger partial charge is 0.356 e. The summed E-state index contributed by atoms with van der Waals surface area (Å²) in [4.78, 5) is 31.5. The van der Waals surface area contributed by atoms with Crippen LogP contribution in [0.15, 0.2) is 42.7 Å². The summed E-state index contributed by atoms with van der Waals surface area (Å²) >= 11 is 0. The van der Waals surface area contributed by atoms with Crippen molar-refractivity contribution in [2.45, 2.75) is 13.5 Å². The molecule has 0 fully saturated rings. The SMILES string of the molecule is CCOC(=O)c1cccc(C(=O)NCc2cccnc2)n1. The van der Waals surface area contributed by atoms with Crippen LogP contribution in [0.4, 0.5) is 0 Å². The third-order valence-corrected chi connectivity index (χ3v) is 2.64. The molecule has 0 spiro atoms. The fourth-order valence-corrected chi connectivity index (χ4v) is 1.66. The summed E-state index contributed by atoms with van der Waals surface area (Å²) < 4.78 is 4.85. The van der Waals surface area contributed by atoms with Gasteiger partial charge in [-0.15, -0.1) is 0 Å². The third kappa shape index (κ3) is 4.10. The predicted octanol–water partition coefficient (Wildman–Crippen LogP) is 1.58. The van der Waals surface area contributed by atoms with E-state index in [2.05, 4.69) is 15.3 Å². The van der Waals surface area contributed by atoms with E-state index in [4.69, 9.17) is 4.74 Å². The highest BCUT2D eigenvalue weighted by atomic mass is 16.5. The molecule has 0 aromatic carbocycles. The Hall–Kier alpha value is -2.76. The van der Waals surface area contributed by atoms with Gasteiger partial charge in [-0.1, -0.05) is 12.1 Å². The Labute approximate surface area is 122 Å². The number of esters is 1. The largest absolute Gasteiger partial charge is 0.461 e. The summed E-state index contributed by atoms with van der Waals surface area (Å²) in [6, 6.07) is 8.30. The predicted molar refractivity (Wildman–Crippen MR) is 75.6 cm³/mol. The maximum atomic E-state index is 12.0. The first-order valence-corrected chi connectivity index (χ1v) is 6.52. The number of nitrogens with one attached hydrogen (secondary N) is 1. The fraction of sp³-hybridized carbons (Fsp3) is 0.200. The van der Waals surface area contributed by atoms with Crippen LogP contribution in [0.3, 0.4) is 0 Å². The quantitative estimate of drug-likeness (QED) is 0.844. The van der Waals surface area contributed by atoms with Gasteiger partial charge >= 0.3 is 5.97 Å². The highest BCUT2D eigenvalue weighted by molar-refractivity contribution is 5.94. The third-order valence-electron chi connectivity index (χ3n) is 2.64. The molecule has 108 valence electrons. The van der Waals surface area contributed by atoms with E-state index < -0.39 is 5.97 Å². The van der Waals surface area contributed by atoms with Crippen LogP contribution in [0.1, 0.15) is 33.5 Å². The van der Waals surface area contributed by atoms with Crippen molar-refractivity contribution in [3.8, 4) is 0 Å². The molecule has 0 aliphatic heterocycles. The van der Waals surface area contributed by atoms with E-state index in [9.17, 15) is 9.59 Å². The number of amides is 1. The molecule has 0 radical (unpaired) electrons. The molecule has 2 rings (SSSR count). The molecule has 2 aromatic heterocycles. The molecule has 21 heavy (non-hydrogen) atoms. The van der Waals surface area contributed by atoms with E-state index in [0.29, 0.717) is 6.54 Å². The van der Waals surface area contributed by atoms with Crippen LogP contribution in [0.25, 0.3) is 0 Å². The number of carbonyl (C=O) groups excluding carboxylic acids is 2. The second-order valence-electron chi connectivity index (χ2n) is 4.17. The van der Waals surface area contributed by atoms with Gasteiger partial charge in [0.1, 0.15) is 11.4 Å². The van der Waals surface area contributed by atoms with Gasteiger partial charge < -0.3 is 10.1 Å². The average Bonchev–Trinajstić information content (AvgIpc) is 2.54. The molecule has 0 saturated carbocycles. The van der Waals surface area contributed by atoms with Gasteiger partial charge in [0.15, 0.2) is 0 Å². The second kappa shape index (κ2) is 7.14. The maximum absolute atomic E-state index is 12.0. The zero-order valence-corrected chi connectivity index (χ0v) is 11.6. The molecule has 1 N–H and O–H groups in total. The van der Waals surface area contributed by atoms with Gasteiger partial charge in [-0.3, -0.25) is 9.78 Å². The minimum atomic E-state index is -0.542. The lowest BCUT2D eigenvalue weighted by atomic mass is 10.2. The first-order valence-electron chi connectivity index (χ1n) is 6.52. The zero-order chi connectivity index (χ0) is 15.1. The molecule has 6 heteroatoms. The number of carbonyl (C=O) groups is 2. The minimum absolute atomic E-state index is 0.117. The van der Waals surface area contributed by atoms with E-state index in [1.807, 2.05) is 6.07 Å². The number of nitrogens with zero attached hydrogens (tertiary/aromatic N) is 2. The van der Waals surface area contributed by atoms with Crippen molar-refractivity contribution in [1.82, 2.24) is 15.3 Å². The number of aromatic nitrogens is 2. The Morgan fingerprint density at radius 2 is 2.00 bits per heavy atom. The minimum Gasteiger partial charge on any atom is -0.461 e. The zero-order valence-electron chi connectivity index (χ0n) is 11.6. The highest BCUT2D eigenvalue weighted by Crippen LogP contribution is 2.03. The Kier molecular flexibility index (Phi) is 4.98. The van der Waals surface area contributed by atoms with Gasteiger partial charge in [0, 0.05) is 18.9 Å². The van der Waals surface area contributed by atoms with Crippen LogP contribution in [0.2, 0.25) is 0 Å². The summed E-state index contributed by atoms with van der Waals surface area (Å²) in [5.74, 6) is -0.899. The highest BCUT2D eigenvalue weighted by Gasteiger charge is 2.12. The number of pyridine rings is 2. The number of hydrogen-bond acceptors (Lipinski definition) is 5. The molecule has 1 amide bonds. The molecule has 0 atom stereocenters. The molecule has 0 bridgehead atoms. The summed E-state index contributed by atoms with van der Waals surface area (Å²) in [6.07, 6.45) is 3.33. The number of ether oxygens (including phenoxy) is 1. The Bertz CT molecular complexity index is 629. The first-order chi connectivity index (χ1) is 10.2. The van der Waals surface area contributed by atoms with Crippen LogP contribution in [-0.4, -0.2) is 28.5 Å². The normalized spacial score (nSPS) is 9.95. The fourth-order valence-electron chi connectivity index (χ4n) is 1.66. The van der Waals surface area contributed by atoms with Crippen molar-refractivity contribution in [1.29, 1.82) is 0 Å². The van der Waals surface area contributed by atoms with Crippen molar-refractivity contribution in [3.05, 3.63) is 59.7 Å². The van der Waals surface area contributed by atoms with Crippen molar-refractivity contribution < 1.29 is 14.3 Å². The van der Waals surface area contributed by atoms with Crippen LogP contribution >= 0.6 is 0 Å². The molecule has 0 aliphatic carbocycles. The van der Waals surface area contributed by atoms with E-state index in [1.54, 1.807) is 37.5 Å². The van der Waals surface area contributed by atoms with Gasteiger partial charge in [0.25, 0.3) is 5.91 Å². The summed E-state index contributed by atoms with van der Waals surface area (Å²) in [5.41, 5.74) is 1.17. The van der Waals surface area contributed by atoms with Gasteiger partial charge in [-0.05, 0) is 30.7 Å². The topological polar surface area (TPSA) is 81.2 Å². The standard InChI is InChI=1S/C15H15N3O3/c1-2-21-15(20)13-7-3-6-12(18-13)14(19)17-10-11-5-4-8-16-9-11/h3-9H,2,10H2,1H3,(H,17,19). The summed E-state index contributed by atoms with van der Waals surface area (Å²) in [6.45, 7) is 2.32. The Balaban J connectivity index is 2.02. The molecular weight excluding hydrogens is 270 g/mol. The number of hydrogen-bond donors (Lipinski definition) is 1. The van der Waals surface area contributed by atoms with E-state index in [1.165, 1.54) is 6.07 Å². The molecule has 0 aliphatic rings.